The molecule has 0 saturated carbocycles. The second kappa shape index (κ2) is 14.5. The predicted octanol–water partition coefficient (Wildman–Crippen LogP) is 6.28. The van der Waals surface area contributed by atoms with Gasteiger partial charge in [-0.2, -0.15) is 0 Å². The molecule has 3 N–H and O–H groups in total. The molecule has 3 nitrogen and oxygen atoms in total. The summed E-state index contributed by atoms with van der Waals surface area (Å²) in [5.41, 5.74) is 7.69. The molecule has 1 heterocycles. The van der Waals surface area contributed by atoms with Crippen LogP contribution in [0.3, 0.4) is 0 Å². The minimum absolute atomic E-state index is 0. The summed E-state index contributed by atoms with van der Waals surface area (Å²) in [4.78, 5) is 13.5. The van der Waals surface area contributed by atoms with Gasteiger partial charge in [0.2, 0.25) is 5.91 Å². The second-order valence-corrected chi connectivity index (χ2v) is 7.55. The van der Waals surface area contributed by atoms with Gasteiger partial charge in [-0.15, -0.1) is 11.3 Å². The predicted molar refractivity (Wildman–Crippen MR) is 119 cm³/mol. The summed E-state index contributed by atoms with van der Waals surface area (Å²) in [7, 11) is 0. The van der Waals surface area contributed by atoms with Crippen molar-refractivity contribution in [3.63, 3.8) is 0 Å². The lowest BCUT2D eigenvalue weighted by atomic mass is 10.1. The van der Waals surface area contributed by atoms with Gasteiger partial charge in [-0.05, 0) is 48.6 Å². The van der Waals surface area contributed by atoms with Crippen LogP contribution in [0.15, 0.2) is 36.4 Å². The summed E-state index contributed by atoms with van der Waals surface area (Å²) in [6, 6.07) is 12.3. The van der Waals surface area contributed by atoms with E-state index in [9.17, 15) is 4.79 Å². The summed E-state index contributed by atoms with van der Waals surface area (Å²) in [6.45, 7) is 12.8. The zero-order chi connectivity index (χ0) is 19.9. The number of nitrogens with one attached hydrogen (secondary N) is 1. The van der Waals surface area contributed by atoms with Crippen molar-refractivity contribution in [1.82, 2.24) is 0 Å². The zero-order valence-corrected chi connectivity index (χ0v) is 18.1. The van der Waals surface area contributed by atoms with Crippen LogP contribution >= 0.6 is 11.3 Å². The third-order valence-electron chi connectivity index (χ3n) is 3.34. The van der Waals surface area contributed by atoms with Crippen molar-refractivity contribution in [3.8, 4) is 0 Å². The van der Waals surface area contributed by atoms with Gasteiger partial charge in [-0.25, -0.2) is 0 Å². The highest BCUT2D eigenvalue weighted by Crippen LogP contribution is 2.18. The van der Waals surface area contributed by atoms with Crippen molar-refractivity contribution in [2.24, 2.45) is 11.7 Å². The third kappa shape index (κ3) is 11.1. The average molecular weight is 379 g/mol. The van der Waals surface area contributed by atoms with E-state index in [1.165, 1.54) is 28.7 Å². The SMILES string of the molecule is CC.CC(C)Cc1ccc(CN)s1.CCCc1ccc(NC(C)=O)cc1.[HH]. The number of hydrogen-bond donors (Lipinski definition) is 2. The first kappa shape index (κ1) is 24.4. The van der Waals surface area contributed by atoms with Gasteiger partial charge in [0.25, 0.3) is 0 Å². The van der Waals surface area contributed by atoms with Crippen LogP contribution in [0.25, 0.3) is 0 Å². The van der Waals surface area contributed by atoms with E-state index in [1.807, 2.05) is 37.3 Å². The molecule has 0 saturated heterocycles. The molecule has 1 aromatic heterocycles. The lowest BCUT2D eigenvalue weighted by Crippen LogP contribution is -2.05. The number of carbonyl (C=O) groups is 1. The Bertz CT molecular complexity index is 609. The van der Waals surface area contributed by atoms with Gasteiger partial charge in [0.05, 0.1) is 0 Å². The number of benzene rings is 1. The Hall–Kier alpha value is -1.65. The first-order valence-corrected chi connectivity index (χ1v) is 10.4. The van der Waals surface area contributed by atoms with E-state index in [4.69, 9.17) is 5.73 Å². The third-order valence-corrected chi connectivity index (χ3v) is 4.47. The van der Waals surface area contributed by atoms with E-state index in [1.54, 1.807) is 0 Å². The van der Waals surface area contributed by atoms with E-state index < -0.39 is 0 Å². The van der Waals surface area contributed by atoms with Gasteiger partial charge >= 0.3 is 0 Å². The van der Waals surface area contributed by atoms with Crippen LogP contribution in [0, 0.1) is 5.92 Å². The highest BCUT2D eigenvalue weighted by molar-refractivity contribution is 7.11. The van der Waals surface area contributed by atoms with E-state index in [0.29, 0.717) is 6.54 Å². The number of rotatable bonds is 6. The van der Waals surface area contributed by atoms with Crippen LogP contribution in [0.4, 0.5) is 5.69 Å². The Morgan fingerprint density at radius 3 is 2.12 bits per heavy atom. The normalized spacial score (nSPS) is 9.69. The van der Waals surface area contributed by atoms with Crippen molar-refractivity contribution in [2.45, 2.75) is 67.3 Å². The fourth-order valence-electron chi connectivity index (χ4n) is 2.29. The number of thiophene rings is 1. The van der Waals surface area contributed by atoms with E-state index >= 15 is 0 Å². The molecular weight excluding hydrogens is 340 g/mol. The quantitative estimate of drug-likeness (QED) is 0.622. The highest BCUT2D eigenvalue weighted by atomic mass is 32.1. The van der Waals surface area contributed by atoms with Crippen LogP contribution in [0.2, 0.25) is 0 Å². The van der Waals surface area contributed by atoms with Crippen LogP contribution in [0.1, 0.15) is 64.7 Å². The van der Waals surface area contributed by atoms with Gasteiger partial charge < -0.3 is 11.1 Å². The van der Waals surface area contributed by atoms with Crippen LogP contribution < -0.4 is 11.1 Å². The molecule has 0 unspecified atom stereocenters. The number of amides is 1. The average Bonchev–Trinajstić information content (AvgIpc) is 3.06. The number of carbonyl (C=O) groups excluding carboxylic acids is 1. The molecule has 26 heavy (non-hydrogen) atoms. The van der Waals surface area contributed by atoms with E-state index in [2.05, 4.69) is 50.4 Å². The molecule has 0 radical (unpaired) electrons. The molecule has 0 bridgehead atoms. The maximum absolute atomic E-state index is 10.7. The second-order valence-electron chi connectivity index (χ2n) is 6.30. The van der Waals surface area contributed by atoms with Gasteiger partial charge in [0.15, 0.2) is 0 Å². The molecule has 0 aliphatic heterocycles. The molecule has 4 heteroatoms. The Kier molecular flexibility index (Phi) is 13.6. The molecule has 2 aromatic rings. The van der Waals surface area contributed by atoms with Crippen LogP contribution in [0.5, 0.6) is 0 Å². The monoisotopic (exact) mass is 378 g/mol. The van der Waals surface area contributed by atoms with Crippen molar-refractivity contribution in [1.29, 1.82) is 0 Å². The van der Waals surface area contributed by atoms with Gasteiger partial charge in [0, 0.05) is 30.3 Å². The largest absolute Gasteiger partial charge is 0.326 e. The van der Waals surface area contributed by atoms with Gasteiger partial charge in [-0.1, -0.05) is 53.2 Å². The summed E-state index contributed by atoms with van der Waals surface area (Å²) in [6.07, 6.45) is 3.44. The summed E-state index contributed by atoms with van der Waals surface area (Å²) in [5, 5.41) is 2.74. The Morgan fingerprint density at radius 2 is 1.69 bits per heavy atom. The summed E-state index contributed by atoms with van der Waals surface area (Å²) < 4.78 is 0. The van der Waals surface area contributed by atoms with E-state index in [-0.39, 0.29) is 7.33 Å². The Balaban J connectivity index is 0. The van der Waals surface area contributed by atoms with Crippen molar-refractivity contribution in [3.05, 3.63) is 51.7 Å². The molecule has 1 aromatic carbocycles. The summed E-state index contributed by atoms with van der Waals surface area (Å²) >= 11 is 1.84. The van der Waals surface area contributed by atoms with Crippen molar-refractivity contribution < 1.29 is 6.22 Å². The molecule has 148 valence electrons. The number of anilines is 1. The standard InChI is InChI=1S/C11H15NO.C9H15NS.C2H6.H2/c1-3-4-10-5-7-11(8-6-10)12-9(2)13;1-7(2)5-8-3-4-9(6-10)11-8;1-2;/h5-8H,3-4H2,1-2H3,(H,12,13);3-4,7H,5-6,10H2,1-2H3;1-2H3;1H. The maximum atomic E-state index is 10.7. The van der Waals surface area contributed by atoms with Crippen molar-refractivity contribution in [2.75, 3.05) is 5.32 Å². The molecule has 0 fully saturated rings. The number of nitrogens with two attached hydrogens (primary N) is 1. The fraction of sp³-hybridized carbons (Fsp3) is 0.500. The van der Waals surface area contributed by atoms with Crippen molar-refractivity contribution >= 4 is 22.9 Å². The van der Waals surface area contributed by atoms with Gasteiger partial charge in [0.1, 0.15) is 0 Å². The molecular formula is C22H38N2OS. The van der Waals surface area contributed by atoms with Crippen LogP contribution in [-0.2, 0) is 24.2 Å². The first-order chi connectivity index (χ1) is 12.4. The first-order valence-electron chi connectivity index (χ1n) is 9.58. The number of aryl methyl sites for hydroxylation is 1. The lowest BCUT2D eigenvalue weighted by Gasteiger charge is -2.03. The van der Waals surface area contributed by atoms with Gasteiger partial charge in [-0.3, -0.25) is 4.79 Å². The fourth-order valence-corrected chi connectivity index (χ4v) is 3.40. The minimum atomic E-state index is -0.0248. The smallest absolute Gasteiger partial charge is 0.221 e. The highest BCUT2D eigenvalue weighted by Gasteiger charge is 2.00. The Morgan fingerprint density at radius 1 is 1.12 bits per heavy atom. The molecule has 1 amide bonds. The number of hydrogen-bond acceptors (Lipinski definition) is 3. The van der Waals surface area contributed by atoms with E-state index in [0.717, 1.165) is 24.4 Å². The minimum Gasteiger partial charge on any atom is -0.326 e. The molecule has 0 aliphatic rings. The topological polar surface area (TPSA) is 55.1 Å². The van der Waals surface area contributed by atoms with Crippen LogP contribution in [-0.4, -0.2) is 5.91 Å². The lowest BCUT2D eigenvalue weighted by molar-refractivity contribution is -0.114. The molecule has 2 rings (SSSR count). The Labute approximate surface area is 165 Å². The maximum Gasteiger partial charge on any atom is 0.221 e. The zero-order valence-electron chi connectivity index (χ0n) is 17.3. The molecule has 0 spiro atoms. The summed E-state index contributed by atoms with van der Waals surface area (Å²) in [5.74, 6) is 0.725. The molecule has 0 aliphatic carbocycles. The molecule has 0 atom stereocenters.